The van der Waals surface area contributed by atoms with Crippen molar-refractivity contribution in [2.24, 2.45) is 0 Å². The predicted octanol–water partition coefficient (Wildman–Crippen LogP) is 1.64. The summed E-state index contributed by atoms with van der Waals surface area (Å²) in [6, 6.07) is 1.54. The molecule has 0 aliphatic rings. The van der Waals surface area contributed by atoms with Crippen LogP contribution in [-0.2, 0) is 13.0 Å². The highest BCUT2D eigenvalue weighted by Gasteiger charge is 2.16. The Hall–Kier alpha value is -1.62. The van der Waals surface area contributed by atoms with E-state index in [-0.39, 0.29) is 11.1 Å². The number of nitrogens with one attached hydrogen (secondary N) is 1. The van der Waals surface area contributed by atoms with Gasteiger partial charge in [-0.1, -0.05) is 20.3 Å². The Kier molecular flexibility index (Phi) is 5.09. The number of amides is 1. The fourth-order valence-corrected chi connectivity index (χ4v) is 2.09. The maximum atomic E-state index is 12.2. The van der Waals surface area contributed by atoms with Gasteiger partial charge in [0.15, 0.2) is 0 Å². The summed E-state index contributed by atoms with van der Waals surface area (Å²) in [7, 11) is 0. The van der Waals surface area contributed by atoms with E-state index in [0.29, 0.717) is 6.54 Å². The number of hydrogen-bond donors (Lipinski definition) is 2. The van der Waals surface area contributed by atoms with E-state index in [1.807, 2.05) is 20.8 Å². The summed E-state index contributed by atoms with van der Waals surface area (Å²) < 4.78 is 1.64. The number of nitrogens with zero attached hydrogens (tertiary/aromatic N) is 1. The van der Waals surface area contributed by atoms with E-state index in [4.69, 9.17) is 5.21 Å². The van der Waals surface area contributed by atoms with E-state index in [9.17, 15) is 9.59 Å². The van der Waals surface area contributed by atoms with Crippen LogP contribution in [0.25, 0.3) is 0 Å². The van der Waals surface area contributed by atoms with Crippen LogP contribution in [0.4, 0.5) is 0 Å². The molecule has 1 rings (SSSR count). The molecule has 0 aliphatic carbocycles. The maximum Gasteiger partial charge on any atom is 0.280 e. The zero-order valence-corrected chi connectivity index (χ0v) is 11.1. The lowest BCUT2D eigenvalue weighted by molar-refractivity contribution is 0.0703. The van der Waals surface area contributed by atoms with Gasteiger partial charge in [-0.2, -0.15) is 0 Å². The Balaban J connectivity index is 3.39. The minimum absolute atomic E-state index is 0.0108. The zero-order chi connectivity index (χ0) is 13.7. The molecule has 0 spiro atoms. The molecular formula is C13H20N2O3. The van der Waals surface area contributed by atoms with Gasteiger partial charge in [-0.05, 0) is 31.4 Å². The quantitative estimate of drug-likeness (QED) is 0.618. The topological polar surface area (TPSA) is 71.3 Å². The van der Waals surface area contributed by atoms with Gasteiger partial charge in [0.05, 0.1) is 0 Å². The Morgan fingerprint density at radius 1 is 1.44 bits per heavy atom. The standard InChI is InChI=1S/C13H20N2O3/c1-4-6-7-15-11(5-2)9(3)8-10(13(15)17)12(16)14-18/h8,18H,4-7H2,1-3H3,(H,14,16). The highest BCUT2D eigenvalue weighted by atomic mass is 16.5. The summed E-state index contributed by atoms with van der Waals surface area (Å²) in [6.45, 7) is 6.50. The number of carbonyl (C=O) groups is 1. The molecule has 18 heavy (non-hydrogen) atoms. The minimum atomic E-state index is -0.754. The molecule has 1 amide bonds. The van der Waals surface area contributed by atoms with Crippen molar-refractivity contribution < 1.29 is 10.0 Å². The second-order valence-corrected chi connectivity index (χ2v) is 4.29. The molecule has 0 atom stereocenters. The van der Waals surface area contributed by atoms with Gasteiger partial charge in [0.2, 0.25) is 0 Å². The number of aromatic nitrogens is 1. The SMILES string of the molecule is CCCCn1c(CC)c(C)cc(C(=O)NO)c1=O. The molecule has 0 saturated heterocycles. The van der Waals surface area contributed by atoms with Gasteiger partial charge in [-0.25, -0.2) is 5.48 Å². The smallest absolute Gasteiger partial charge is 0.280 e. The van der Waals surface area contributed by atoms with Crippen molar-refractivity contribution in [1.29, 1.82) is 0 Å². The summed E-state index contributed by atoms with van der Waals surface area (Å²) in [6.07, 6.45) is 2.60. The molecular weight excluding hydrogens is 232 g/mol. The lowest BCUT2D eigenvalue weighted by Crippen LogP contribution is -2.33. The van der Waals surface area contributed by atoms with Gasteiger partial charge in [-0.15, -0.1) is 0 Å². The number of hydroxylamine groups is 1. The molecule has 1 aromatic rings. The van der Waals surface area contributed by atoms with Crippen LogP contribution in [0.2, 0.25) is 0 Å². The van der Waals surface area contributed by atoms with E-state index in [2.05, 4.69) is 0 Å². The Labute approximate surface area is 106 Å². The molecule has 0 aromatic carbocycles. The van der Waals surface area contributed by atoms with Gasteiger partial charge in [0.1, 0.15) is 5.56 Å². The number of unbranched alkanes of at least 4 members (excludes halogenated alkanes) is 1. The van der Waals surface area contributed by atoms with Gasteiger partial charge >= 0.3 is 0 Å². The first-order valence-corrected chi connectivity index (χ1v) is 6.24. The summed E-state index contributed by atoms with van der Waals surface area (Å²) >= 11 is 0. The number of rotatable bonds is 5. The van der Waals surface area contributed by atoms with Crippen LogP contribution in [0.3, 0.4) is 0 Å². The Morgan fingerprint density at radius 2 is 2.11 bits per heavy atom. The third-order valence-corrected chi connectivity index (χ3v) is 3.03. The average molecular weight is 252 g/mol. The lowest BCUT2D eigenvalue weighted by Gasteiger charge is -2.15. The van der Waals surface area contributed by atoms with Crippen molar-refractivity contribution in [3.8, 4) is 0 Å². The number of aryl methyl sites for hydroxylation is 1. The first kappa shape index (κ1) is 14.4. The van der Waals surface area contributed by atoms with E-state index in [1.54, 1.807) is 4.57 Å². The lowest BCUT2D eigenvalue weighted by atomic mass is 10.1. The van der Waals surface area contributed by atoms with Crippen molar-refractivity contribution in [1.82, 2.24) is 10.0 Å². The summed E-state index contributed by atoms with van der Waals surface area (Å²) in [5.74, 6) is -0.754. The zero-order valence-electron chi connectivity index (χ0n) is 11.1. The third-order valence-electron chi connectivity index (χ3n) is 3.03. The molecule has 0 bridgehead atoms. The third kappa shape index (κ3) is 2.79. The molecule has 5 nitrogen and oxygen atoms in total. The first-order chi connectivity index (χ1) is 8.56. The molecule has 0 aliphatic heterocycles. The Bertz CT molecular complexity index is 492. The second-order valence-electron chi connectivity index (χ2n) is 4.29. The number of hydrogen-bond acceptors (Lipinski definition) is 3. The van der Waals surface area contributed by atoms with Crippen molar-refractivity contribution in [3.05, 3.63) is 33.2 Å². The van der Waals surface area contributed by atoms with Crippen LogP contribution >= 0.6 is 0 Å². The molecule has 1 aromatic heterocycles. The van der Waals surface area contributed by atoms with E-state index in [1.165, 1.54) is 11.5 Å². The molecule has 100 valence electrons. The molecule has 0 radical (unpaired) electrons. The van der Waals surface area contributed by atoms with Gasteiger partial charge in [0, 0.05) is 12.2 Å². The fraction of sp³-hybridized carbons (Fsp3) is 0.538. The summed E-state index contributed by atoms with van der Waals surface area (Å²) in [5.41, 5.74) is 3.01. The average Bonchev–Trinajstić information content (AvgIpc) is 2.38. The molecule has 0 unspecified atom stereocenters. The van der Waals surface area contributed by atoms with Crippen molar-refractivity contribution in [2.75, 3.05) is 0 Å². The monoisotopic (exact) mass is 252 g/mol. The fourth-order valence-electron chi connectivity index (χ4n) is 2.09. The molecule has 2 N–H and O–H groups in total. The maximum absolute atomic E-state index is 12.2. The highest BCUT2D eigenvalue weighted by molar-refractivity contribution is 5.93. The van der Waals surface area contributed by atoms with E-state index in [0.717, 1.165) is 30.5 Å². The second kappa shape index (κ2) is 6.35. The van der Waals surface area contributed by atoms with Crippen molar-refractivity contribution >= 4 is 5.91 Å². The van der Waals surface area contributed by atoms with Gasteiger partial charge in [-0.3, -0.25) is 14.8 Å². The van der Waals surface area contributed by atoms with Crippen molar-refractivity contribution in [3.63, 3.8) is 0 Å². The van der Waals surface area contributed by atoms with Crippen LogP contribution in [0.1, 0.15) is 48.3 Å². The first-order valence-electron chi connectivity index (χ1n) is 6.24. The largest absolute Gasteiger partial charge is 0.312 e. The summed E-state index contributed by atoms with van der Waals surface area (Å²) in [4.78, 5) is 23.6. The van der Waals surface area contributed by atoms with Crippen molar-refractivity contribution in [2.45, 2.75) is 46.6 Å². The van der Waals surface area contributed by atoms with Crippen LogP contribution in [0.5, 0.6) is 0 Å². The van der Waals surface area contributed by atoms with E-state index >= 15 is 0 Å². The van der Waals surface area contributed by atoms with Gasteiger partial charge < -0.3 is 4.57 Å². The molecule has 5 heteroatoms. The van der Waals surface area contributed by atoms with Crippen LogP contribution in [0, 0.1) is 6.92 Å². The van der Waals surface area contributed by atoms with Crippen LogP contribution in [0.15, 0.2) is 10.9 Å². The van der Waals surface area contributed by atoms with Gasteiger partial charge in [0.25, 0.3) is 11.5 Å². The normalized spacial score (nSPS) is 10.4. The van der Waals surface area contributed by atoms with Crippen LogP contribution < -0.4 is 11.0 Å². The number of carbonyl (C=O) groups excluding carboxylic acids is 1. The highest BCUT2D eigenvalue weighted by Crippen LogP contribution is 2.10. The molecule has 0 fully saturated rings. The minimum Gasteiger partial charge on any atom is -0.312 e. The molecule has 1 heterocycles. The molecule has 0 saturated carbocycles. The van der Waals surface area contributed by atoms with Crippen LogP contribution in [-0.4, -0.2) is 15.7 Å². The van der Waals surface area contributed by atoms with E-state index < -0.39 is 5.91 Å². The number of pyridine rings is 1. The summed E-state index contributed by atoms with van der Waals surface area (Å²) in [5, 5.41) is 8.65. The predicted molar refractivity (Wildman–Crippen MR) is 69.0 cm³/mol. The Morgan fingerprint density at radius 3 is 2.61 bits per heavy atom.